The average Bonchev–Trinajstić information content (AvgIpc) is 3.70. The molecule has 36 heavy (non-hydrogen) atoms. The standard InChI is InChI=1S/C27H40N4O5/c1-2-3-9-22(26(34)31-14-12-20(13-15-31)27(35)36)29-25(33)23(17-19-10-11-19)30-24(32)21(28)16-18-7-5-4-6-8-18/h4-8,19-23H,2-3,9-17,28H2,1H3,(H,29,33)(H,30,32)(H,35,36)/t21-,22?,23-/m1/s1. The highest BCUT2D eigenvalue weighted by Gasteiger charge is 2.35. The van der Waals surface area contributed by atoms with E-state index in [1.807, 2.05) is 37.3 Å². The second kappa shape index (κ2) is 13.4. The Morgan fingerprint density at radius 2 is 1.64 bits per heavy atom. The predicted molar refractivity (Wildman–Crippen MR) is 136 cm³/mol. The van der Waals surface area contributed by atoms with Gasteiger partial charge in [0.25, 0.3) is 0 Å². The van der Waals surface area contributed by atoms with Crippen molar-refractivity contribution < 1.29 is 24.3 Å². The summed E-state index contributed by atoms with van der Waals surface area (Å²) in [5.74, 6) is -1.81. The number of amides is 3. The summed E-state index contributed by atoms with van der Waals surface area (Å²) < 4.78 is 0. The summed E-state index contributed by atoms with van der Waals surface area (Å²) >= 11 is 0. The third kappa shape index (κ3) is 8.33. The van der Waals surface area contributed by atoms with E-state index in [2.05, 4.69) is 10.6 Å². The minimum absolute atomic E-state index is 0.182. The first-order valence-corrected chi connectivity index (χ1v) is 13.2. The van der Waals surface area contributed by atoms with Gasteiger partial charge in [-0.15, -0.1) is 0 Å². The van der Waals surface area contributed by atoms with Crippen molar-refractivity contribution in [1.29, 1.82) is 0 Å². The number of carbonyl (C=O) groups excluding carboxylic acids is 3. The fourth-order valence-corrected chi connectivity index (χ4v) is 4.66. The summed E-state index contributed by atoms with van der Waals surface area (Å²) in [7, 11) is 0. The number of carboxylic acids is 1. The number of piperidine rings is 1. The lowest BCUT2D eigenvalue weighted by Gasteiger charge is -2.33. The van der Waals surface area contributed by atoms with Crippen molar-refractivity contribution in [1.82, 2.24) is 15.5 Å². The van der Waals surface area contributed by atoms with Crippen molar-refractivity contribution in [2.24, 2.45) is 17.6 Å². The Bertz CT molecular complexity index is 897. The van der Waals surface area contributed by atoms with Gasteiger partial charge in [0.1, 0.15) is 12.1 Å². The monoisotopic (exact) mass is 500 g/mol. The Labute approximate surface area is 213 Å². The van der Waals surface area contributed by atoms with Crippen molar-refractivity contribution in [3.63, 3.8) is 0 Å². The van der Waals surface area contributed by atoms with E-state index in [9.17, 15) is 24.3 Å². The third-order valence-electron chi connectivity index (χ3n) is 7.15. The number of nitrogens with two attached hydrogens (primary N) is 1. The number of carboxylic acid groups (broad SMARTS) is 1. The lowest BCUT2D eigenvalue weighted by Crippen LogP contribution is -2.57. The van der Waals surface area contributed by atoms with Gasteiger partial charge in [-0.1, -0.05) is 62.9 Å². The number of carbonyl (C=O) groups is 4. The smallest absolute Gasteiger partial charge is 0.306 e. The number of aliphatic carboxylic acids is 1. The van der Waals surface area contributed by atoms with Gasteiger partial charge in [0.2, 0.25) is 17.7 Å². The number of likely N-dealkylation sites (tertiary alicyclic amines) is 1. The Kier molecular flexibility index (Phi) is 10.3. The molecule has 1 saturated heterocycles. The van der Waals surface area contributed by atoms with Crippen molar-refractivity contribution in [3.05, 3.63) is 35.9 Å². The maximum absolute atomic E-state index is 13.3. The molecule has 1 unspecified atom stereocenters. The largest absolute Gasteiger partial charge is 0.481 e. The number of unbranched alkanes of at least 4 members (excludes halogenated alkanes) is 1. The SMILES string of the molecule is CCCCC(NC(=O)[C@@H](CC1CC1)NC(=O)[C@H](N)Cc1ccccc1)C(=O)N1CCC(C(=O)O)CC1. The minimum atomic E-state index is -0.831. The van der Waals surface area contributed by atoms with Crippen LogP contribution in [0.2, 0.25) is 0 Å². The maximum Gasteiger partial charge on any atom is 0.306 e. The molecule has 0 radical (unpaired) electrons. The predicted octanol–water partition coefficient (Wildman–Crippen LogP) is 1.84. The number of benzene rings is 1. The van der Waals surface area contributed by atoms with Gasteiger partial charge < -0.3 is 26.4 Å². The van der Waals surface area contributed by atoms with E-state index in [-0.39, 0.29) is 17.7 Å². The fourth-order valence-electron chi connectivity index (χ4n) is 4.66. The van der Waals surface area contributed by atoms with E-state index in [4.69, 9.17) is 5.73 Å². The first-order chi connectivity index (χ1) is 17.3. The van der Waals surface area contributed by atoms with Crippen LogP contribution in [0.3, 0.4) is 0 Å². The highest BCUT2D eigenvalue weighted by atomic mass is 16.4. The number of hydrogen-bond donors (Lipinski definition) is 4. The molecule has 9 heteroatoms. The molecule has 1 aromatic rings. The Balaban J connectivity index is 1.62. The van der Waals surface area contributed by atoms with Crippen LogP contribution >= 0.6 is 0 Å². The van der Waals surface area contributed by atoms with Crippen molar-refractivity contribution in [2.75, 3.05) is 13.1 Å². The zero-order chi connectivity index (χ0) is 26.1. The Hall–Kier alpha value is -2.94. The zero-order valence-corrected chi connectivity index (χ0v) is 21.2. The molecule has 1 saturated carbocycles. The summed E-state index contributed by atoms with van der Waals surface area (Å²) in [6, 6.07) is 7.26. The molecule has 1 aliphatic heterocycles. The summed E-state index contributed by atoms with van der Waals surface area (Å²) in [5, 5.41) is 15.0. The second-order valence-electron chi connectivity index (χ2n) is 10.2. The van der Waals surface area contributed by atoms with Crippen LogP contribution in [0.1, 0.15) is 63.9 Å². The first-order valence-electron chi connectivity index (χ1n) is 13.2. The van der Waals surface area contributed by atoms with E-state index in [0.29, 0.717) is 51.1 Å². The van der Waals surface area contributed by atoms with Gasteiger partial charge >= 0.3 is 5.97 Å². The van der Waals surface area contributed by atoms with Gasteiger partial charge in [-0.25, -0.2) is 0 Å². The van der Waals surface area contributed by atoms with Crippen LogP contribution in [0.25, 0.3) is 0 Å². The molecule has 0 aromatic heterocycles. The molecule has 0 bridgehead atoms. The molecular formula is C27H40N4O5. The molecular weight excluding hydrogens is 460 g/mol. The molecule has 3 rings (SSSR count). The summed E-state index contributed by atoms with van der Waals surface area (Å²) in [6.45, 7) is 2.75. The van der Waals surface area contributed by atoms with Gasteiger partial charge in [0.05, 0.1) is 12.0 Å². The van der Waals surface area contributed by atoms with Crippen LogP contribution < -0.4 is 16.4 Å². The van der Waals surface area contributed by atoms with Gasteiger partial charge in [0, 0.05) is 13.1 Å². The topological polar surface area (TPSA) is 142 Å². The van der Waals surface area contributed by atoms with Crippen molar-refractivity contribution in [3.8, 4) is 0 Å². The van der Waals surface area contributed by atoms with Crippen molar-refractivity contribution in [2.45, 2.75) is 82.8 Å². The quantitative estimate of drug-likeness (QED) is 0.326. The highest BCUT2D eigenvalue weighted by molar-refractivity contribution is 5.93. The average molecular weight is 501 g/mol. The third-order valence-corrected chi connectivity index (χ3v) is 7.15. The highest BCUT2D eigenvalue weighted by Crippen LogP contribution is 2.33. The fraction of sp³-hybridized carbons (Fsp3) is 0.630. The Morgan fingerprint density at radius 1 is 1.00 bits per heavy atom. The van der Waals surface area contributed by atoms with E-state index in [1.54, 1.807) is 4.90 Å². The number of nitrogens with one attached hydrogen (secondary N) is 2. The lowest BCUT2D eigenvalue weighted by atomic mass is 9.96. The molecule has 2 fully saturated rings. The first kappa shape index (κ1) is 27.6. The number of rotatable bonds is 13. The zero-order valence-electron chi connectivity index (χ0n) is 21.2. The number of nitrogens with zero attached hydrogens (tertiary/aromatic N) is 1. The molecule has 3 amide bonds. The van der Waals surface area contributed by atoms with E-state index in [0.717, 1.165) is 31.2 Å². The second-order valence-corrected chi connectivity index (χ2v) is 10.2. The molecule has 198 valence electrons. The number of hydrogen-bond acceptors (Lipinski definition) is 5. The van der Waals surface area contributed by atoms with Gasteiger partial charge in [-0.05, 0) is 43.6 Å². The summed E-state index contributed by atoms with van der Waals surface area (Å²) in [4.78, 5) is 52.3. The molecule has 0 spiro atoms. The molecule has 5 N–H and O–H groups in total. The molecule has 9 nitrogen and oxygen atoms in total. The van der Waals surface area contributed by atoms with Gasteiger partial charge in [-0.2, -0.15) is 0 Å². The summed E-state index contributed by atoms with van der Waals surface area (Å²) in [6.07, 6.45) is 5.89. The van der Waals surface area contributed by atoms with Crippen LogP contribution in [0.4, 0.5) is 0 Å². The van der Waals surface area contributed by atoms with E-state index < -0.39 is 30.0 Å². The molecule has 1 aliphatic carbocycles. The van der Waals surface area contributed by atoms with Crippen molar-refractivity contribution >= 4 is 23.7 Å². The molecule has 1 aromatic carbocycles. The molecule has 3 atom stereocenters. The maximum atomic E-state index is 13.3. The Morgan fingerprint density at radius 3 is 2.22 bits per heavy atom. The normalized spacial score (nSPS) is 18.7. The molecule has 2 aliphatic rings. The molecule has 1 heterocycles. The van der Waals surface area contributed by atoms with Crippen LogP contribution in [0.15, 0.2) is 30.3 Å². The minimum Gasteiger partial charge on any atom is -0.481 e. The van der Waals surface area contributed by atoms with E-state index in [1.165, 1.54) is 0 Å². The van der Waals surface area contributed by atoms with Gasteiger partial charge in [0.15, 0.2) is 0 Å². The van der Waals surface area contributed by atoms with Crippen LogP contribution in [-0.2, 0) is 25.6 Å². The lowest BCUT2D eigenvalue weighted by molar-refractivity contribution is -0.146. The van der Waals surface area contributed by atoms with E-state index >= 15 is 0 Å². The van der Waals surface area contributed by atoms with Crippen LogP contribution in [0.5, 0.6) is 0 Å². The van der Waals surface area contributed by atoms with Gasteiger partial charge in [-0.3, -0.25) is 19.2 Å². The summed E-state index contributed by atoms with van der Waals surface area (Å²) in [5.41, 5.74) is 7.09. The van der Waals surface area contributed by atoms with Crippen LogP contribution in [-0.4, -0.2) is 64.9 Å². The van der Waals surface area contributed by atoms with Crippen LogP contribution in [0, 0.1) is 11.8 Å².